The molecule has 0 N–H and O–H groups in total. The molecule has 0 aliphatic rings. The smallest absolute Gasteiger partial charge is 0.310 e. The number of hydrogen-bond donors (Lipinski definition) is 0. The van der Waals surface area contributed by atoms with E-state index in [2.05, 4.69) is 19.9 Å². The number of rotatable bonds is 9. The summed E-state index contributed by atoms with van der Waals surface area (Å²) in [4.78, 5) is 26.5. The molecule has 1 aromatic carbocycles. The highest BCUT2D eigenvalue weighted by atomic mass is 127. The highest BCUT2D eigenvalue weighted by molar-refractivity contribution is 8.01. The number of nitrogens with zero attached hydrogens (tertiary/aromatic N) is 1. The second-order valence-electron chi connectivity index (χ2n) is 7.10. The number of esters is 1. The molecule has 0 aliphatic heterocycles. The first-order valence-corrected chi connectivity index (χ1v) is 11.9. The third-order valence-corrected chi connectivity index (χ3v) is 6.90. The van der Waals surface area contributed by atoms with Gasteiger partial charge >= 0.3 is 5.97 Å². The Labute approximate surface area is 214 Å². The Balaban J connectivity index is 0.00000363. The molecule has 0 atom stereocenters. The molecule has 7 heteroatoms. The van der Waals surface area contributed by atoms with E-state index >= 15 is 0 Å². The number of ether oxygens (including phenoxy) is 1. The predicted octanol–water partition coefficient (Wildman–Crippen LogP) is 2.42. The van der Waals surface area contributed by atoms with Crippen LogP contribution in [0, 0.1) is 0 Å². The third-order valence-electron chi connectivity index (χ3n) is 4.50. The molecule has 0 aliphatic carbocycles. The molecular formula is C25H26INO3S2. The van der Waals surface area contributed by atoms with Gasteiger partial charge in [0.05, 0.1) is 23.5 Å². The normalized spacial score (nSPS) is 10.2. The molecule has 32 heavy (non-hydrogen) atoms. The largest absolute Gasteiger partial charge is 1.00 e. The summed E-state index contributed by atoms with van der Waals surface area (Å²) in [7, 11) is 0. The molecule has 168 valence electrons. The zero-order valence-electron chi connectivity index (χ0n) is 18.3. The molecule has 0 bridgehead atoms. The summed E-state index contributed by atoms with van der Waals surface area (Å²) in [5.41, 5.74) is 3.45. The molecular weight excluding hydrogens is 553 g/mol. The van der Waals surface area contributed by atoms with Crippen LogP contribution in [0.15, 0.2) is 76.8 Å². The van der Waals surface area contributed by atoms with Crippen LogP contribution in [0.4, 0.5) is 0 Å². The molecule has 0 saturated carbocycles. The molecule has 3 rings (SSSR count). The number of benzene rings is 1. The van der Waals surface area contributed by atoms with Crippen molar-refractivity contribution in [3.63, 3.8) is 0 Å². The predicted molar refractivity (Wildman–Crippen MR) is 126 cm³/mol. The van der Waals surface area contributed by atoms with E-state index in [-0.39, 0.29) is 42.2 Å². The number of thioether (sulfide) groups is 1. The van der Waals surface area contributed by atoms with Gasteiger partial charge in [0.15, 0.2) is 12.4 Å². The summed E-state index contributed by atoms with van der Waals surface area (Å²) in [5, 5.41) is 0. The Morgan fingerprint density at radius 1 is 1.06 bits per heavy atom. The highest BCUT2D eigenvalue weighted by Crippen LogP contribution is 2.38. The first-order valence-electron chi connectivity index (χ1n) is 10.1. The van der Waals surface area contributed by atoms with Crippen LogP contribution in [0.25, 0.3) is 5.69 Å². The van der Waals surface area contributed by atoms with Crippen molar-refractivity contribution < 1.29 is 42.9 Å². The number of pyridine rings is 1. The quantitative estimate of drug-likeness (QED) is 0.0977. The van der Waals surface area contributed by atoms with Crippen LogP contribution >= 0.6 is 23.1 Å². The number of ketones is 1. The van der Waals surface area contributed by atoms with Crippen LogP contribution in [0.3, 0.4) is 0 Å². The molecule has 0 fully saturated rings. The van der Waals surface area contributed by atoms with E-state index < -0.39 is 0 Å². The standard InChI is InChI=1S/C25H26NO3S2.HI/c1-4-29-21(27)17-20-22(26-14-9-6-10-15-26)25(30-16-13-18(2)3)31-24(20)23(28)19-11-7-5-8-12-19;/h5-15H,4,16-17H2,1-3H3;1H/q+1;/p-1. The molecule has 4 nitrogen and oxygen atoms in total. The van der Waals surface area contributed by atoms with Crippen molar-refractivity contribution in [2.75, 3.05) is 12.4 Å². The van der Waals surface area contributed by atoms with Crippen molar-refractivity contribution in [2.45, 2.75) is 31.4 Å². The van der Waals surface area contributed by atoms with Gasteiger partial charge in [0.25, 0.3) is 0 Å². The van der Waals surface area contributed by atoms with E-state index in [0.717, 1.165) is 15.6 Å². The maximum absolute atomic E-state index is 13.4. The minimum Gasteiger partial charge on any atom is -1.00 e. The van der Waals surface area contributed by atoms with Crippen molar-refractivity contribution >= 4 is 34.9 Å². The lowest BCUT2D eigenvalue weighted by Gasteiger charge is -2.05. The molecule has 0 unspecified atom stereocenters. The van der Waals surface area contributed by atoms with Crippen LogP contribution < -0.4 is 28.5 Å². The van der Waals surface area contributed by atoms with Crippen LogP contribution in [-0.4, -0.2) is 24.1 Å². The minimum absolute atomic E-state index is 0. The van der Waals surface area contributed by atoms with Crippen molar-refractivity contribution in [1.82, 2.24) is 0 Å². The fourth-order valence-electron chi connectivity index (χ4n) is 3.05. The number of carbonyl (C=O) groups excluding carboxylic acids is 2. The fourth-order valence-corrected chi connectivity index (χ4v) is 5.69. The number of halogens is 1. The maximum atomic E-state index is 13.4. The maximum Gasteiger partial charge on any atom is 0.310 e. The van der Waals surface area contributed by atoms with Crippen molar-refractivity contribution in [2.24, 2.45) is 0 Å². The Morgan fingerprint density at radius 3 is 2.34 bits per heavy atom. The fraction of sp³-hybridized carbons (Fsp3) is 0.240. The third kappa shape index (κ3) is 6.76. The number of hydrogen-bond acceptors (Lipinski definition) is 5. The Bertz CT molecular complexity index is 1080. The van der Waals surface area contributed by atoms with E-state index in [0.29, 0.717) is 22.6 Å². The van der Waals surface area contributed by atoms with Gasteiger partial charge in [0.1, 0.15) is 4.21 Å². The highest BCUT2D eigenvalue weighted by Gasteiger charge is 2.31. The molecule has 2 heterocycles. The van der Waals surface area contributed by atoms with Crippen molar-refractivity contribution in [1.29, 1.82) is 0 Å². The lowest BCUT2D eigenvalue weighted by Crippen LogP contribution is -3.00. The number of allylic oxidation sites excluding steroid dienone is 1. The first kappa shape index (κ1) is 26.3. The lowest BCUT2D eigenvalue weighted by atomic mass is 10.0. The lowest BCUT2D eigenvalue weighted by molar-refractivity contribution is -0.598. The van der Waals surface area contributed by atoms with E-state index in [4.69, 9.17) is 4.74 Å². The van der Waals surface area contributed by atoms with Crippen molar-refractivity contribution in [3.8, 4) is 5.69 Å². The topological polar surface area (TPSA) is 47.3 Å². The van der Waals surface area contributed by atoms with Crippen LogP contribution in [-0.2, 0) is 16.0 Å². The zero-order chi connectivity index (χ0) is 22.2. The second kappa shape index (κ2) is 12.9. The monoisotopic (exact) mass is 579 g/mol. The SMILES string of the molecule is CCOC(=O)Cc1c(C(=O)c2ccccc2)sc(SCC=C(C)C)c1-[n+]1ccccc1.[I-]. The summed E-state index contributed by atoms with van der Waals surface area (Å²) >= 11 is 3.13. The number of thiophene rings is 1. The summed E-state index contributed by atoms with van der Waals surface area (Å²) in [6.07, 6.45) is 6.10. The second-order valence-corrected chi connectivity index (χ2v) is 9.41. The van der Waals surface area contributed by atoms with Gasteiger partial charge in [-0.05, 0) is 20.8 Å². The molecule has 3 aromatic rings. The molecule has 0 radical (unpaired) electrons. The zero-order valence-corrected chi connectivity index (χ0v) is 22.1. The average molecular weight is 580 g/mol. The van der Waals surface area contributed by atoms with Gasteiger partial charge in [-0.1, -0.05) is 48.0 Å². The summed E-state index contributed by atoms with van der Waals surface area (Å²) in [6.45, 7) is 6.23. The Morgan fingerprint density at radius 2 is 1.72 bits per heavy atom. The molecule has 0 amide bonds. The van der Waals surface area contributed by atoms with E-state index in [1.165, 1.54) is 16.9 Å². The number of carbonyl (C=O) groups is 2. The van der Waals surface area contributed by atoms with E-state index in [1.54, 1.807) is 18.7 Å². The molecule has 0 saturated heterocycles. The Hall–Kier alpha value is -1.97. The van der Waals surface area contributed by atoms with Gasteiger partial charge in [0.2, 0.25) is 11.5 Å². The van der Waals surface area contributed by atoms with Gasteiger partial charge in [-0.2, -0.15) is 4.57 Å². The molecule has 0 spiro atoms. The summed E-state index contributed by atoms with van der Waals surface area (Å²) < 4.78 is 8.22. The van der Waals surface area contributed by atoms with Gasteiger partial charge in [-0.25, -0.2) is 0 Å². The van der Waals surface area contributed by atoms with E-state index in [9.17, 15) is 9.59 Å². The van der Waals surface area contributed by atoms with Crippen LogP contribution in [0.1, 0.15) is 41.6 Å². The average Bonchev–Trinajstić information content (AvgIpc) is 3.12. The van der Waals surface area contributed by atoms with Gasteiger partial charge < -0.3 is 28.7 Å². The summed E-state index contributed by atoms with van der Waals surface area (Å²) in [5.74, 6) is 0.388. The van der Waals surface area contributed by atoms with Crippen LogP contribution in [0.5, 0.6) is 0 Å². The van der Waals surface area contributed by atoms with Crippen molar-refractivity contribution in [3.05, 3.63) is 88.6 Å². The van der Waals surface area contributed by atoms with Gasteiger partial charge in [-0.3, -0.25) is 9.59 Å². The van der Waals surface area contributed by atoms with Crippen LogP contribution in [0.2, 0.25) is 0 Å². The van der Waals surface area contributed by atoms with E-state index in [1.807, 2.05) is 65.5 Å². The minimum atomic E-state index is -0.332. The molecule has 2 aromatic heterocycles. The first-order chi connectivity index (χ1) is 15.0. The number of aromatic nitrogens is 1. The van der Waals surface area contributed by atoms with Gasteiger partial charge in [0, 0.05) is 23.4 Å². The summed E-state index contributed by atoms with van der Waals surface area (Å²) in [6, 6.07) is 15.0. The van der Waals surface area contributed by atoms with Gasteiger partial charge in [-0.15, -0.1) is 23.1 Å². The Kier molecular flexibility index (Phi) is 10.6.